The van der Waals surface area contributed by atoms with Crippen LogP contribution >= 0.6 is 15.9 Å². The van der Waals surface area contributed by atoms with Crippen LogP contribution in [0.3, 0.4) is 0 Å². The lowest BCUT2D eigenvalue weighted by molar-refractivity contribution is -0.137. The van der Waals surface area contributed by atoms with Gasteiger partial charge in [0.2, 0.25) is 5.91 Å². The molecule has 8 heteroatoms. The van der Waals surface area contributed by atoms with Crippen molar-refractivity contribution in [2.75, 3.05) is 5.32 Å². The van der Waals surface area contributed by atoms with E-state index in [1.165, 1.54) is 0 Å². The number of hydrogen-bond donors (Lipinski definition) is 2. The Morgan fingerprint density at radius 3 is 2.50 bits per heavy atom. The zero-order chi connectivity index (χ0) is 18.9. The highest BCUT2D eigenvalue weighted by Crippen LogP contribution is 2.42. The van der Waals surface area contributed by atoms with E-state index < -0.39 is 34.3 Å². The number of aromatic nitrogens is 1. The first-order chi connectivity index (χ1) is 12.2. The summed E-state index contributed by atoms with van der Waals surface area (Å²) >= 11 is 3.38. The number of anilines is 1. The van der Waals surface area contributed by atoms with Crippen LogP contribution in [0.4, 0.5) is 18.9 Å². The van der Waals surface area contributed by atoms with Gasteiger partial charge < -0.3 is 10.3 Å². The van der Waals surface area contributed by atoms with Crippen molar-refractivity contribution in [3.05, 3.63) is 62.5 Å². The van der Waals surface area contributed by atoms with Crippen LogP contribution in [0.15, 0.2) is 45.8 Å². The van der Waals surface area contributed by atoms with E-state index in [1.807, 2.05) is 29.2 Å². The predicted octanol–water partition coefficient (Wildman–Crippen LogP) is 4.61. The minimum absolute atomic E-state index is 0.397. The average Bonchev–Trinajstić information content (AvgIpc) is 3.07. The van der Waals surface area contributed by atoms with Crippen molar-refractivity contribution in [3.8, 4) is 0 Å². The molecule has 2 N–H and O–H groups in total. The lowest BCUT2D eigenvalue weighted by Crippen LogP contribution is -2.39. The number of amides is 1. The van der Waals surface area contributed by atoms with Gasteiger partial charge in [-0.05, 0) is 36.6 Å². The SMILES string of the molecule is O=C(Nc1cc(C(F)(F)F)c[nH]c1=O)C1(c2cccc(Br)c2)CCCC1. The minimum atomic E-state index is -4.61. The van der Waals surface area contributed by atoms with Gasteiger partial charge in [0.1, 0.15) is 5.69 Å². The van der Waals surface area contributed by atoms with Crippen molar-refractivity contribution in [1.29, 1.82) is 0 Å². The lowest BCUT2D eigenvalue weighted by atomic mass is 9.78. The van der Waals surface area contributed by atoms with Crippen LogP contribution in [0, 0.1) is 0 Å². The molecule has 1 aliphatic rings. The Hall–Kier alpha value is -2.09. The molecule has 1 fully saturated rings. The van der Waals surface area contributed by atoms with E-state index in [9.17, 15) is 22.8 Å². The number of pyridine rings is 1. The molecule has 0 unspecified atom stereocenters. The lowest BCUT2D eigenvalue weighted by Gasteiger charge is -2.28. The van der Waals surface area contributed by atoms with E-state index in [2.05, 4.69) is 21.2 Å². The molecule has 1 aromatic carbocycles. The van der Waals surface area contributed by atoms with Crippen LogP contribution in [0.5, 0.6) is 0 Å². The number of rotatable bonds is 3. The predicted molar refractivity (Wildman–Crippen MR) is 95.0 cm³/mol. The van der Waals surface area contributed by atoms with Crippen molar-refractivity contribution in [2.45, 2.75) is 37.3 Å². The molecule has 0 radical (unpaired) electrons. The van der Waals surface area contributed by atoms with Crippen molar-refractivity contribution < 1.29 is 18.0 Å². The molecule has 1 heterocycles. The summed E-state index contributed by atoms with van der Waals surface area (Å²) in [5.41, 5.74) is -2.26. The van der Waals surface area contributed by atoms with Crippen molar-refractivity contribution in [1.82, 2.24) is 4.98 Å². The Kier molecular flexibility index (Phi) is 4.96. The number of aromatic amines is 1. The third kappa shape index (κ3) is 3.56. The molecule has 0 spiro atoms. The molecule has 0 aliphatic heterocycles. The van der Waals surface area contributed by atoms with Crippen LogP contribution in [-0.4, -0.2) is 10.9 Å². The van der Waals surface area contributed by atoms with Gasteiger partial charge in [0, 0.05) is 10.7 Å². The van der Waals surface area contributed by atoms with E-state index in [-0.39, 0.29) is 0 Å². The first-order valence-corrected chi connectivity index (χ1v) is 8.89. The molecule has 1 amide bonds. The van der Waals surface area contributed by atoms with Crippen LogP contribution in [0.1, 0.15) is 36.8 Å². The first-order valence-electron chi connectivity index (χ1n) is 8.10. The summed E-state index contributed by atoms with van der Waals surface area (Å²) in [5.74, 6) is -0.460. The Morgan fingerprint density at radius 1 is 1.19 bits per heavy atom. The highest BCUT2D eigenvalue weighted by atomic mass is 79.9. The van der Waals surface area contributed by atoms with Crippen molar-refractivity contribution >= 4 is 27.5 Å². The Labute approximate surface area is 155 Å². The van der Waals surface area contributed by atoms with Crippen LogP contribution in [0.2, 0.25) is 0 Å². The fourth-order valence-corrected chi connectivity index (χ4v) is 3.79. The van der Waals surface area contributed by atoms with Gasteiger partial charge in [-0.1, -0.05) is 40.9 Å². The normalized spacial score (nSPS) is 16.5. The summed E-state index contributed by atoms with van der Waals surface area (Å²) in [4.78, 5) is 26.9. The van der Waals surface area contributed by atoms with E-state index in [0.29, 0.717) is 25.1 Å². The molecule has 1 saturated carbocycles. The highest BCUT2D eigenvalue weighted by Gasteiger charge is 2.43. The topological polar surface area (TPSA) is 62.0 Å². The van der Waals surface area contributed by atoms with Crippen LogP contribution in [0.25, 0.3) is 0 Å². The summed E-state index contributed by atoms with van der Waals surface area (Å²) in [6.45, 7) is 0. The van der Waals surface area contributed by atoms with Gasteiger partial charge in [-0.3, -0.25) is 9.59 Å². The van der Waals surface area contributed by atoms with Gasteiger partial charge in [0.15, 0.2) is 0 Å². The molecule has 26 heavy (non-hydrogen) atoms. The second kappa shape index (κ2) is 6.90. The number of carbonyl (C=O) groups is 1. The maximum absolute atomic E-state index is 13.0. The molecule has 1 aliphatic carbocycles. The number of hydrogen-bond acceptors (Lipinski definition) is 2. The second-order valence-electron chi connectivity index (χ2n) is 6.38. The zero-order valence-corrected chi connectivity index (χ0v) is 15.2. The molecule has 4 nitrogen and oxygen atoms in total. The molecule has 1 aromatic heterocycles. The smallest absolute Gasteiger partial charge is 0.327 e. The fourth-order valence-electron chi connectivity index (χ4n) is 3.39. The van der Waals surface area contributed by atoms with Crippen molar-refractivity contribution in [2.24, 2.45) is 0 Å². The second-order valence-corrected chi connectivity index (χ2v) is 7.30. The summed E-state index contributed by atoms with van der Waals surface area (Å²) in [6, 6.07) is 7.97. The number of benzene rings is 1. The van der Waals surface area contributed by atoms with Gasteiger partial charge in [0.25, 0.3) is 5.56 Å². The third-order valence-corrected chi connectivity index (χ3v) is 5.24. The molecule has 138 valence electrons. The molecule has 0 saturated heterocycles. The number of alkyl halides is 3. The van der Waals surface area contributed by atoms with E-state index >= 15 is 0 Å². The molecule has 0 atom stereocenters. The molecule has 3 rings (SSSR count). The number of halogens is 4. The maximum Gasteiger partial charge on any atom is 0.417 e. The van der Waals surface area contributed by atoms with Gasteiger partial charge in [0.05, 0.1) is 11.0 Å². The Morgan fingerprint density at radius 2 is 1.88 bits per heavy atom. The van der Waals surface area contributed by atoms with Gasteiger partial charge in [-0.15, -0.1) is 0 Å². The average molecular weight is 429 g/mol. The van der Waals surface area contributed by atoms with E-state index in [4.69, 9.17) is 0 Å². The maximum atomic E-state index is 13.0. The summed E-state index contributed by atoms with van der Waals surface area (Å²) in [5, 5.41) is 2.43. The highest BCUT2D eigenvalue weighted by molar-refractivity contribution is 9.10. The number of carbonyl (C=O) groups excluding carboxylic acids is 1. The molecular weight excluding hydrogens is 413 g/mol. The summed E-state index contributed by atoms with van der Waals surface area (Å²) in [7, 11) is 0. The number of nitrogens with one attached hydrogen (secondary N) is 2. The van der Waals surface area contributed by atoms with Gasteiger partial charge in [-0.25, -0.2) is 0 Å². The monoisotopic (exact) mass is 428 g/mol. The van der Waals surface area contributed by atoms with Crippen LogP contribution in [-0.2, 0) is 16.4 Å². The Bertz CT molecular complexity index is 886. The Balaban J connectivity index is 1.97. The van der Waals surface area contributed by atoms with E-state index in [0.717, 1.165) is 22.9 Å². The van der Waals surface area contributed by atoms with Crippen molar-refractivity contribution in [3.63, 3.8) is 0 Å². The minimum Gasteiger partial charge on any atom is -0.327 e. The fraction of sp³-hybridized carbons (Fsp3) is 0.333. The molecular formula is C18H16BrF3N2O2. The summed E-state index contributed by atoms with van der Waals surface area (Å²) in [6.07, 6.45) is -1.20. The van der Waals surface area contributed by atoms with Gasteiger partial charge >= 0.3 is 6.18 Å². The van der Waals surface area contributed by atoms with E-state index in [1.54, 1.807) is 0 Å². The number of H-pyrrole nitrogens is 1. The molecule has 0 bridgehead atoms. The quantitative estimate of drug-likeness (QED) is 0.749. The van der Waals surface area contributed by atoms with Crippen LogP contribution < -0.4 is 10.9 Å². The van der Waals surface area contributed by atoms with Gasteiger partial charge in [-0.2, -0.15) is 13.2 Å². The molecule has 2 aromatic rings. The first kappa shape index (κ1) is 18.7. The third-order valence-electron chi connectivity index (χ3n) is 4.75. The largest absolute Gasteiger partial charge is 0.417 e. The zero-order valence-electron chi connectivity index (χ0n) is 13.6. The standard InChI is InChI=1S/C18H16BrF3N2O2/c19-13-5-3-4-11(8-13)17(6-1-2-7-17)16(26)24-14-9-12(18(20,21)22)10-23-15(14)25/h3-5,8-10H,1-2,6-7H2,(H,23,25)(H,24,26). The summed E-state index contributed by atoms with van der Waals surface area (Å²) < 4.78 is 39.5.